The van der Waals surface area contributed by atoms with Crippen molar-refractivity contribution in [1.82, 2.24) is 9.97 Å². The Morgan fingerprint density at radius 3 is 2.06 bits per heavy atom. The van der Waals surface area contributed by atoms with E-state index in [1.54, 1.807) is 23.5 Å². The highest BCUT2D eigenvalue weighted by Gasteiger charge is 2.29. The maximum Gasteiger partial charge on any atom is 0.270 e. The summed E-state index contributed by atoms with van der Waals surface area (Å²) in [5.74, 6) is 0. The number of aryl methyl sites for hydroxylation is 2. The number of nitro benzene ring substituents is 1. The lowest BCUT2D eigenvalue weighted by Gasteiger charge is -2.22. The van der Waals surface area contributed by atoms with Crippen LogP contribution in [0.25, 0.3) is 16.7 Å². The predicted octanol–water partition coefficient (Wildman–Crippen LogP) is 8.49. The van der Waals surface area contributed by atoms with Gasteiger partial charge in [-0.3, -0.25) is 10.1 Å². The molecule has 0 radical (unpaired) electrons. The maximum absolute atomic E-state index is 11.9. The number of nitrogens with zero attached hydrogens (tertiary/aromatic N) is 2. The minimum atomic E-state index is -0.345. The number of aromatic nitrogens is 2. The van der Waals surface area contributed by atoms with Gasteiger partial charge in [-0.2, -0.15) is 0 Å². The number of hydrogen-bond donors (Lipinski definition) is 2. The highest BCUT2D eigenvalue weighted by molar-refractivity contribution is 7.13. The molecule has 6 aromatic rings. The maximum atomic E-state index is 11.9. The fraction of sp³-hybridized carbons (Fsp3) is 0.119. The number of nitrogens with one attached hydrogen (secondary N) is 2. The standard InChI is InChI=1S/C42H34N4O2S/c1-25-8-12-27(13-9-25)39-31-16-17-33(43-31)40(28-14-10-26(2)11-15-28)34-20-22-37(45-34)42(3,4)38-23-21-36(49-38)41(35-19-18-32(39)44-35)29-6-5-7-30(24-29)46(47)48/h5-24,43,45H,1-4H3/b39-31-,40-33-,41-35-. The van der Waals surface area contributed by atoms with Crippen molar-refractivity contribution >= 4 is 39.5 Å². The molecule has 240 valence electrons. The molecular formula is C42H34N4O2S. The number of aliphatic imine (C=N–C) groups is 1. The third kappa shape index (κ3) is 5.42. The highest BCUT2D eigenvalue weighted by atomic mass is 32.1. The molecule has 8 rings (SSSR count). The minimum Gasteiger partial charge on any atom is -0.358 e. The molecule has 6 nitrogen and oxygen atoms in total. The van der Waals surface area contributed by atoms with Crippen LogP contribution < -0.4 is 10.7 Å². The van der Waals surface area contributed by atoms with Crippen LogP contribution >= 0.6 is 11.3 Å². The zero-order chi connectivity index (χ0) is 33.9. The lowest BCUT2D eigenvalue weighted by molar-refractivity contribution is -0.384. The monoisotopic (exact) mass is 658 g/mol. The van der Waals surface area contributed by atoms with Crippen LogP contribution in [0.5, 0.6) is 0 Å². The van der Waals surface area contributed by atoms with Gasteiger partial charge >= 0.3 is 0 Å². The average Bonchev–Trinajstić information content (AvgIpc) is 3.92. The van der Waals surface area contributed by atoms with Gasteiger partial charge in [0, 0.05) is 66.1 Å². The van der Waals surface area contributed by atoms with Crippen molar-refractivity contribution in [2.24, 2.45) is 4.99 Å². The fourth-order valence-electron chi connectivity index (χ4n) is 6.70. The summed E-state index contributed by atoms with van der Waals surface area (Å²) in [7, 11) is 0. The zero-order valence-corrected chi connectivity index (χ0v) is 28.5. The lowest BCUT2D eigenvalue weighted by Crippen LogP contribution is -2.20. The summed E-state index contributed by atoms with van der Waals surface area (Å²) in [5.41, 5.74) is 11.6. The SMILES string of the molecule is Cc1ccc(/C2=c3\cc/c([nH]3)=C(\c3ccc(C)cc3)c3ccc([nH]3)C(C)(C)c3ccc(s3)/C(c3cccc([N+](=O)[O-])c3)=C3/C=CC2=N3)cc1. The molecule has 0 aliphatic carbocycles. The summed E-state index contributed by atoms with van der Waals surface area (Å²) in [6, 6.07) is 37.0. The van der Waals surface area contributed by atoms with Gasteiger partial charge in [0.1, 0.15) is 0 Å². The number of benzene rings is 3. The molecule has 0 spiro atoms. The molecule has 3 aromatic carbocycles. The largest absolute Gasteiger partial charge is 0.358 e. The van der Waals surface area contributed by atoms with E-state index in [0.717, 1.165) is 71.8 Å². The Kier molecular flexibility index (Phi) is 7.30. The first kappa shape index (κ1) is 30.5. The molecule has 2 N–H and O–H groups in total. The van der Waals surface area contributed by atoms with Crippen molar-refractivity contribution in [2.45, 2.75) is 33.1 Å². The Morgan fingerprint density at radius 2 is 1.37 bits per heavy atom. The van der Waals surface area contributed by atoms with E-state index in [4.69, 9.17) is 4.99 Å². The van der Waals surface area contributed by atoms with Gasteiger partial charge in [0.05, 0.1) is 16.3 Å². The number of allylic oxidation sites excluding steroid dienone is 2. The van der Waals surface area contributed by atoms with Gasteiger partial charge in [0.2, 0.25) is 0 Å². The summed E-state index contributed by atoms with van der Waals surface area (Å²) < 4.78 is 0. The molecule has 2 aliphatic heterocycles. The Hall–Kier alpha value is -5.79. The van der Waals surface area contributed by atoms with Gasteiger partial charge < -0.3 is 9.97 Å². The number of rotatable bonds is 4. The number of aromatic amines is 2. The molecule has 8 bridgehead atoms. The van der Waals surface area contributed by atoms with E-state index in [2.05, 4.69) is 129 Å². The Bertz CT molecular complexity index is 2500. The smallest absolute Gasteiger partial charge is 0.270 e. The average molecular weight is 659 g/mol. The summed E-state index contributed by atoms with van der Waals surface area (Å²) in [6.45, 7) is 8.66. The van der Waals surface area contributed by atoms with E-state index in [1.807, 2.05) is 12.1 Å². The van der Waals surface area contributed by atoms with Crippen LogP contribution in [0.1, 0.15) is 62.8 Å². The van der Waals surface area contributed by atoms with Gasteiger partial charge in [-0.1, -0.05) is 71.8 Å². The molecular weight excluding hydrogens is 625 g/mol. The summed E-state index contributed by atoms with van der Waals surface area (Å²) in [4.78, 5) is 26.6. The van der Waals surface area contributed by atoms with Gasteiger partial charge in [-0.15, -0.1) is 11.3 Å². The molecule has 0 atom stereocenters. The van der Waals surface area contributed by atoms with Crippen LogP contribution in [0.3, 0.4) is 0 Å². The predicted molar refractivity (Wildman–Crippen MR) is 199 cm³/mol. The van der Waals surface area contributed by atoms with Crippen LogP contribution in [0.15, 0.2) is 132 Å². The topological polar surface area (TPSA) is 87.1 Å². The number of H-pyrrole nitrogens is 2. The third-order valence-electron chi connectivity index (χ3n) is 9.50. The van der Waals surface area contributed by atoms with Gasteiger partial charge in [-0.25, -0.2) is 4.99 Å². The highest BCUT2D eigenvalue weighted by Crippen LogP contribution is 2.42. The van der Waals surface area contributed by atoms with E-state index in [9.17, 15) is 10.1 Å². The van der Waals surface area contributed by atoms with E-state index in [1.165, 1.54) is 22.1 Å². The fourth-order valence-corrected chi connectivity index (χ4v) is 7.90. The van der Waals surface area contributed by atoms with Crippen LogP contribution in [0.2, 0.25) is 0 Å². The second-order valence-electron chi connectivity index (χ2n) is 13.2. The number of fused-ring (bicyclic) bond motifs is 7. The molecule has 49 heavy (non-hydrogen) atoms. The molecule has 0 saturated carbocycles. The molecule has 3 aromatic heterocycles. The van der Waals surface area contributed by atoms with Crippen LogP contribution in [-0.4, -0.2) is 20.6 Å². The van der Waals surface area contributed by atoms with Crippen molar-refractivity contribution < 1.29 is 4.92 Å². The quantitative estimate of drug-likeness (QED) is 0.147. The van der Waals surface area contributed by atoms with E-state index < -0.39 is 0 Å². The first-order valence-corrected chi connectivity index (χ1v) is 17.1. The van der Waals surface area contributed by atoms with E-state index >= 15 is 0 Å². The van der Waals surface area contributed by atoms with Gasteiger partial charge in [0.25, 0.3) is 5.69 Å². The number of hydrogen-bond acceptors (Lipinski definition) is 4. The van der Waals surface area contributed by atoms with Crippen LogP contribution in [-0.2, 0) is 5.41 Å². The second kappa shape index (κ2) is 11.7. The van der Waals surface area contributed by atoms with Crippen LogP contribution in [0.4, 0.5) is 5.69 Å². The third-order valence-corrected chi connectivity index (χ3v) is 10.9. The van der Waals surface area contributed by atoms with Crippen molar-refractivity contribution in [3.8, 4) is 0 Å². The summed E-state index contributed by atoms with van der Waals surface area (Å²) >= 11 is 1.70. The number of non-ortho nitro benzene ring substituents is 1. The molecule has 5 heterocycles. The minimum absolute atomic E-state index is 0.0476. The van der Waals surface area contributed by atoms with Crippen molar-refractivity contribution in [2.75, 3.05) is 0 Å². The number of nitro groups is 1. The summed E-state index contributed by atoms with van der Waals surface area (Å²) in [6.07, 6.45) is 4.09. The molecule has 7 heteroatoms. The van der Waals surface area contributed by atoms with Gasteiger partial charge in [-0.05, 0) is 92.9 Å². The van der Waals surface area contributed by atoms with E-state index in [-0.39, 0.29) is 16.0 Å². The molecule has 0 unspecified atom stereocenters. The first-order valence-electron chi connectivity index (χ1n) is 16.3. The first-order chi connectivity index (χ1) is 23.7. The summed E-state index contributed by atoms with van der Waals surface area (Å²) in [5, 5.41) is 13.8. The number of thiophene rings is 1. The Morgan fingerprint density at radius 1 is 0.694 bits per heavy atom. The Balaban J connectivity index is 1.48. The van der Waals surface area contributed by atoms with Crippen LogP contribution in [0, 0.1) is 24.0 Å². The molecule has 0 saturated heterocycles. The zero-order valence-electron chi connectivity index (χ0n) is 27.7. The van der Waals surface area contributed by atoms with Crippen molar-refractivity contribution in [3.05, 3.63) is 197 Å². The van der Waals surface area contributed by atoms with Gasteiger partial charge in [0.15, 0.2) is 0 Å². The molecule has 2 aliphatic rings. The lowest BCUT2D eigenvalue weighted by atomic mass is 9.88. The van der Waals surface area contributed by atoms with E-state index in [0.29, 0.717) is 0 Å². The second-order valence-corrected chi connectivity index (χ2v) is 14.3. The van der Waals surface area contributed by atoms with Crippen molar-refractivity contribution in [1.29, 1.82) is 0 Å². The Labute approximate surface area is 288 Å². The molecule has 0 amide bonds. The van der Waals surface area contributed by atoms with Crippen molar-refractivity contribution in [3.63, 3.8) is 0 Å². The molecule has 0 fully saturated rings. The normalized spacial score (nSPS) is 18.8.